The van der Waals surface area contributed by atoms with Gasteiger partial charge in [-0.1, -0.05) is 6.92 Å². The topological polar surface area (TPSA) is 73.1 Å². The Morgan fingerprint density at radius 1 is 1.44 bits per heavy atom. The fourth-order valence-corrected chi connectivity index (χ4v) is 2.64. The van der Waals surface area contributed by atoms with Crippen molar-refractivity contribution in [2.45, 2.75) is 31.5 Å². The molecule has 0 spiro atoms. The van der Waals surface area contributed by atoms with Crippen molar-refractivity contribution >= 4 is 17.6 Å². The zero-order chi connectivity index (χ0) is 11.4. The largest absolute Gasteiger partial charge is 0.373 e. The van der Waals surface area contributed by atoms with Crippen LogP contribution < -0.4 is 11.3 Å². The first kappa shape index (κ1) is 11.6. The second kappa shape index (κ2) is 5.47. The summed E-state index contributed by atoms with van der Waals surface area (Å²) in [5.41, 5.74) is 4.86. The molecule has 0 aliphatic carbocycles. The summed E-state index contributed by atoms with van der Waals surface area (Å²) < 4.78 is 5.43. The van der Waals surface area contributed by atoms with Crippen LogP contribution in [0, 0.1) is 0 Å². The first-order valence-corrected chi connectivity index (χ1v) is 6.51. The number of nitrogens with zero attached hydrogens (tertiary/aromatic N) is 2. The van der Waals surface area contributed by atoms with Crippen molar-refractivity contribution in [3.63, 3.8) is 0 Å². The third kappa shape index (κ3) is 2.45. The van der Waals surface area contributed by atoms with Crippen molar-refractivity contribution in [1.82, 2.24) is 9.97 Å². The number of ether oxygens (including phenoxy) is 1. The molecular weight excluding hydrogens is 224 g/mol. The molecule has 0 aromatic carbocycles. The number of rotatable bonds is 5. The molecule has 0 saturated heterocycles. The minimum atomic E-state index is 0.459. The molecule has 0 atom stereocenters. The molecule has 1 aliphatic rings. The Kier molecular flexibility index (Phi) is 3.98. The van der Waals surface area contributed by atoms with Gasteiger partial charge in [-0.3, -0.25) is 0 Å². The fourth-order valence-electron chi connectivity index (χ4n) is 1.59. The van der Waals surface area contributed by atoms with Gasteiger partial charge < -0.3 is 10.2 Å². The van der Waals surface area contributed by atoms with Crippen LogP contribution in [0.5, 0.6) is 0 Å². The van der Waals surface area contributed by atoms with Gasteiger partial charge in [-0.15, -0.1) is 0 Å². The van der Waals surface area contributed by atoms with Gasteiger partial charge in [0, 0.05) is 23.7 Å². The zero-order valence-corrected chi connectivity index (χ0v) is 10.1. The van der Waals surface area contributed by atoms with E-state index in [1.54, 1.807) is 0 Å². The molecule has 3 N–H and O–H groups in total. The molecule has 1 aromatic rings. The highest BCUT2D eigenvalue weighted by Gasteiger charge is 2.19. The number of thioether (sulfide) groups is 1. The molecule has 5 nitrogen and oxygen atoms in total. The van der Waals surface area contributed by atoms with Gasteiger partial charge in [0.2, 0.25) is 0 Å². The predicted molar refractivity (Wildman–Crippen MR) is 64.8 cm³/mol. The van der Waals surface area contributed by atoms with E-state index in [1.807, 2.05) is 11.8 Å². The van der Waals surface area contributed by atoms with Crippen LogP contribution in [0.3, 0.4) is 0 Å². The summed E-state index contributed by atoms with van der Waals surface area (Å²) in [5.74, 6) is 8.78. The molecule has 88 valence electrons. The number of hydrogen-bond donors (Lipinski definition) is 2. The minimum Gasteiger partial charge on any atom is -0.373 e. The minimum absolute atomic E-state index is 0.459. The van der Waals surface area contributed by atoms with Crippen LogP contribution >= 0.6 is 11.8 Å². The maximum atomic E-state index is 5.46. The molecule has 16 heavy (non-hydrogen) atoms. The molecule has 0 saturated carbocycles. The van der Waals surface area contributed by atoms with E-state index in [0.29, 0.717) is 12.4 Å². The van der Waals surface area contributed by atoms with Gasteiger partial charge >= 0.3 is 0 Å². The highest BCUT2D eigenvalue weighted by atomic mass is 32.2. The third-order valence-electron chi connectivity index (χ3n) is 2.34. The Balaban J connectivity index is 2.14. The average Bonchev–Trinajstić information content (AvgIpc) is 2.76. The van der Waals surface area contributed by atoms with Crippen molar-refractivity contribution in [3.8, 4) is 0 Å². The number of hydrogen-bond acceptors (Lipinski definition) is 6. The van der Waals surface area contributed by atoms with E-state index in [-0.39, 0.29) is 0 Å². The number of anilines is 1. The summed E-state index contributed by atoms with van der Waals surface area (Å²) in [5, 5.41) is 0. The monoisotopic (exact) mass is 240 g/mol. The molecule has 0 fully saturated rings. The van der Waals surface area contributed by atoms with E-state index in [1.165, 1.54) is 0 Å². The number of nitrogen functional groups attached to an aromatic ring is 1. The molecule has 0 radical (unpaired) electrons. The van der Waals surface area contributed by atoms with Crippen molar-refractivity contribution in [1.29, 1.82) is 0 Å². The van der Waals surface area contributed by atoms with Crippen LogP contribution in [0.4, 0.5) is 5.82 Å². The van der Waals surface area contributed by atoms with E-state index < -0.39 is 0 Å². The van der Waals surface area contributed by atoms with Gasteiger partial charge in [0.1, 0.15) is 12.4 Å². The normalized spacial score (nSPS) is 13.9. The Labute approximate surface area is 99.2 Å². The predicted octanol–water partition coefficient (Wildman–Crippen LogP) is 1.44. The summed E-state index contributed by atoms with van der Waals surface area (Å²) in [6.07, 6.45) is 1.00. The lowest BCUT2D eigenvalue weighted by Gasteiger charge is -2.08. The number of fused-ring (bicyclic) bond motifs is 1. The van der Waals surface area contributed by atoms with Crippen LogP contribution in [-0.2, 0) is 22.8 Å². The van der Waals surface area contributed by atoms with Crippen LogP contribution in [0.15, 0.2) is 0 Å². The average molecular weight is 240 g/mol. The van der Waals surface area contributed by atoms with Crippen LogP contribution in [-0.4, -0.2) is 16.6 Å². The smallest absolute Gasteiger partial charge is 0.156 e. The van der Waals surface area contributed by atoms with E-state index >= 15 is 0 Å². The van der Waals surface area contributed by atoms with Crippen molar-refractivity contribution < 1.29 is 4.74 Å². The summed E-state index contributed by atoms with van der Waals surface area (Å²) in [7, 11) is 0. The molecule has 1 aliphatic heterocycles. The van der Waals surface area contributed by atoms with Gasteiger partial charge in [-0.25, -0.2) is 15.8 Å². The number of aromatic nitrogens is 2. The number of hydrazine groups is 1. The summed E-state index contributed by atoms with van der Waals surface area (Å²) in [4.78, 5) is 8.83. The maximum Gasteiger partial charge on any atom is 0.156 e. The number of nitrogens with one attached hydrogen (secondary N) is 1. The molecule has 6 heteroatoms. The Hall–Kier alpha value is -0.850. The Morgan fingerprint density at radius 3 is 3.06 bits per heavy atom. The van der Waals surface area contributed by atoms with E-state index in [9.17, 15) is 0 Å². The lowest BCUT2D eigenvalue weighted by atomic mass is 10.2. The van der Waals surface area contributed by atoms with Gasteiger partial charge in [0.05, 0.1) is 5.69 Å². The quantitative estimate of drug-likeness (QED) is 0.461. The molecule has 0 unspecified atom stereocenters. The van der Waals surface area contributed by atoms with Gasteiger partial charge in [-0.2, -0.15) is 11.8 Å². The third-order valence-corrected chi connectivity index (χ3v) is 3.31. The van der Waals surface area contributed by atoms with Crippen molar-refractivity contribution in [2.75, 3.05) is 12.0 Å². The molecular formula is C10H16N4OS. The van der Waals surface area contributed by atoms with Crippen LogP contribution in [0.1, 0.15) is 30.4 Å². The Bertz CT molecular complexity index is 372. The highest BCUT2D eigenvalue weighted by molar-refractivity contribution is 7.98. The first-order chi connectivity index (χ1) is 7.85. The summed E-state index contributed by atoms with van der Waals surface area (Å²) in [6, 6.07) is 0. The van der Waals surface area contributed by atoms with E-state index in [4.69, 9.17) is 10.6 Å². The van der Waals surface area contributed by atoms with Gasteiger partial charge in [0.15, 0.2) is 5.82 Å². The van der Waals surface area contributed by atoms with Gasteiger partial charge in [0.25, 0.3) is 0 Å². The van der Waals surface area contributed by atoms with Gasteiger partial charge in [-0.05, 0) is 6.42 Å². The fraction of sp³-hybridized carbons (Fsp3) is 0.600. The second-order valence-electron chi connectivity index (χ2n) is 3.60. The van der Waals surface area contributed by atoms with Crippen molar-refractivity contribution in [3.05, 3.63) is 17.1 Å². The first-order valence-electron chi connectivity index (χ1n) is 5.36. The van der Waals surface area contributed by atoms with Crippen LogP contribution in [0.25, 0.3) is 0 Å². The molecule has 2 rings (SSSR count). The summed E-state index contributed by atoms with van der Waals surface area (Å²) in [6.45, 7) is 3.27. The lowest BCUT2D eigenvalue weighted by molar-refractivity contribution is 0.116. The molecule has 2 heterocycles. The Morgan fingerprint density at radius 2 is 2.31 bits per heavy atom. The maximum absolute atomic E-state index is 5.46. The van der Waals surface area contributed by atoms with Crippen molar-refractivity contribution in [2.24, 2.45) is 5.84 Å². The second-order valence-corrected chi connectivity index (χ2v) is 4.59. The van der Waals surface area contributed by atoms with Crippen LogP contribution in [0.2, 0.25) is 0 Å². The molecule has 0 amide bonds. The lowest BCUT2D eigenvalue weighted by Crippen LogP contribution is -2.14. The summed E-state index contributed by atoms with van der Waals surface area (Å²) >= 11 is 1.83. The number of nitrogens with two attached hydrogens (primary N) is 1. The standard InChI is InChI=1S/C10H16N4OS/c1-2-3-15-4-9-12-8-6-16-5-7(8)10(13-9)14-11/h2-6,11H2,1H3,(H,12,13,14). The van der Waals surface area contributed by atoms with E-state index in [2.05, 4.69) is 22.3 Å². The highest BCUT2D eigenvalue weighted by Crippen LogP contribution is 2.32. The molecule has 0 bridgehead atoms. The van der Waals surface area contributed by atoms with E-state index in [0.717, 1.165) is 41.6 Å². The SMILES string of the molecule is CCCOCc1nc2c(c(NN)n1)CSC2. The molecule has 1 aromatic heterocycles. The zero-order valence-electron chi connectivity index (χ0n) is 9.32.